The van der Waals surface area contributed by atoms with E-state index in [9.17, 15) is 18.1 Å². The summed E-state index contributed by atoms with van der Waals surface area (Å²) in [5, 5.41) is 10.1. The number of aliphatic hydroxyl groups is 1. The minimum Gasteiger partial charge on any atom is -0.745 e. The summed E-state index contributed by atoms with van der Waals surface area (Å²) < 4.78 is 33.5. The SMILES string of the molecule is CC1CCC(O)(S(=O)(=O)[O-])c2ccccc21.[Na+]. The van der Waals surface area contributed by atoms with Gasteiger partial charge in [0.05, 0.1) is 0 Å². The molecule has 0 aliphatic heterocycles. The first-order chi connectivity index (χ1) is 7.36. The smallest absolute Gasteiger partial charge is 0.745 e. The topological polar surface area (TPSA) is 77.4 Å². The van der Waals surface area contributed by atoms with Gasteiger partial charge in [-0.05, 0) is 24.3 Å². The van der Waals surface area contributed by atoms with Gasteiger partial charge in [-0.3, -0.25) is 0 Å². The number of rotatable bonds is 1. The van der Waals surface area contributed by atoms with E-state index in [1.54, 1.807) is 18.2 Å². The molecule has 88 valence electrons. The van der Waals surface area contributed by atoms with E-state index in [0.29, 0.717) is 6.42 Å². The summed E-state index contributed by atoms with van der Waals surface area (Å²) in [4.78, 5) is -2.25. The van der Waals surface area contributed by atoms with Crippen molar-refractivity contribution in [1.29, 1.82) is 0 Å². The second-order valence-electron chi connectivity index (χ2n) is 4.27. The molecule has 1 aromatic carbocycles. The van der Waals surface area contributed by atoms with Crippen LogP contribution in [0.15, 0.2) is 24.3 Å². The zero-order valence-electron chi connectivity index (χ0n) is 9.88. The summed E-state index contributed by atoms with van der Waals surface area (Å²) in [6, 6.07) is 6.68. The minimum absolute atomic E-state index is 0. The number of fused-ring (bicyclic) bond motifs is 1. The average molecular weight is 264 g/mol. The molecule has 0 saturated heterocycles. The van der Waals surface area contributed by atoms with Gasteiger partial charge >= 0.3 is 29.6 Å². The van der Waals surface area contributed by atoms with Crippen LogP contribution in [0.1, 0.15) is 36.8 Å². The van der Waals surface area contributed by atoms with Crippen LogP contribution >= 0.6 is 0 Å². The average Bonchev–Trinajstić information content (AvgIpc) is 2.23. The molecule has 2 unspecified atom stereocenters. The third kappa shape index (κ3) is 2.45. The van der Waals surface area contributed by atoms with E-state index in [1.807, 2.05) is 6.92 Å². The van der Waals surface area contributed by atoms with Gasteiger partial charge in [0.25, 0.3) is 0 Å². The van der Waals surface area contributed by atoms with Gasteiger partial charge in [0.15, 0.2) is 4.93 Å². The molecule has 0 fully saturated rings. The normalized spacial score (nSPS) is 28.1. The molecule has 1 aromatic rings. The number of hydrogen-bond donors (Lipinski definition) is 1. The Morgan fingerprint density at radius 1 is 1.41 bits per heavy atom. The van der Waals surface area contributed by atoms with Gasteiger partial charge in [-0.15, -0.1) is 0 Å². The Hall–Kier alpha value is 0.0900. The van der Waals surface area contributed by atoms with E-state index >= 15 is 0 Å². The Kier molecular flexibility index (Phi) is 4.45. The van der Waals surface area contributed by atoms with Crippen LogP contribution in [0.25, 0.3) is 0 Å². The maximum atomic E-state index is 11.2. The van der Waals surface area contributed by atoms with E-state index in [0.717, 1.165) is 5.56 Å². The molecule has 0 spiro atoms. The Morgan fingerprint density at radius 3 is 2.59 bits per heavy atom. The van der Waals surface area contributed by atoms with Crippen molar-refractivity contribution >= 4 is 10.1 Å². The molecule has 2 atom stereocenters. The van der Waals surface area contributed by atoms with Crippen LogP contribution in [0, 0.1) is 0 Å². The van der Waals surface area contributed by atoms with Crippen molar-refractivity contribution in [3.05, 3.63) is 35.4 Å². The van der Waals surface area contributed by atoms with Crippen molar-refractivity contribution in [2.45, 2.75) is 30.6 Å². The van der Waals surface area contributed by atoms with Gasteiger partial charge in [-0.1, -0.05) is 31.2 Å². The summed E-state index contributed by atoms with van der Waals surface area (Å²) in [6.07, 6.45) is 0.464. The van der Waals surface area contributed by atoms with Crippen LogP contribution < -0.4 is 29.6 Å². The zero-order chi connectivity index (χ0) is 12.0. The van der Waals surface area contributed by atoms with Gasteiger partial charge in [-0.2, -0.15) is 0 Å². The molecular weight excluding hydrogens is 251 g/mol. The first-order valence-corrected chi connectivity index (χ1v) is 6.54. The molecule has 0 saturated carbocycles. The number of hydrogen-bond acceptors (Lipinski definition) is 4. The molecule has 0 radical (unpaired) electrons. The van der Waals surface area contributed by atoms with Crippen LogP contribution in [-0.4, -0.2) is 18.1 Å². The van der Waals surface area contributed by atoms with Crippen molar-refractivity contribution in [3.63, 3.8) is 0 Å². The molecule has 0 heterocycles. The van der Waals surface area contributed by atoms with Crippen molar-refractivity contribution in [1.82, 2.24) is 0 Å². The second kappa shape index (κ2) is 4.99. The van der Waals surface area contributed by atoms with Gasteiger partial charge in [0.1, 0.15) is 10.1 Å². The van der Waals surface area contributed by atoms with Crippen LogP contribution in [0.3, 0.4) is 0 Å². The summed E-state index contributed by atoms with van der Waals surface area (Å²) in [5.41, 5.74) is 0.986. The fourth-order valence-corrected chi connectivity index (χ4v) is 3.07. The van der Waals surface area contributed by atoms with E-state index in [-0.39, 0.29) is 47.5 Å². The minimum atomic E-state index is -4.76. The maximum Gasteiger partial charge on any atom is 1.00 e. The first kappa shape index (κ1) is 15.1. The van der Waals surface area contributed by atoms with E-state index < -0.39 is 15.1 Å². The predicted molar refractivity (Wildman–Crippen MR) is 57.7 cm³/mol. The van der Waals surface area contributed by atoms with Gasteiger partial charge in [-0.25, -0.2) is 8.42 Å². The fraction of sp³-hybridized carbons (Fsp3) is 0.455. The van der Waals surface area contributed by atoms with Crippen molar-refractivity contribution in [2.75, 3.05) is 0 Å². The van der Waals surface area contributed by atoms with E-state index in [4.69, 9.17) is 0 Å². The van der Waals surface area contributed by atoms with Crippen LogP contribution in [0.4, 0.5) is 0 Å². The Balaban J connectivity index is 0.00000144. The quantitative estimate of drug-likeness (QED) is 0.483. The third-order valence-corrected chi connectivity index (χ3v) is 4.49. The largest absolute Gasteiger partial charge is 1.00 e. The summed E-state index contributed by atoms with van der Waals surface area (Å²) in [6.45, 7) is 1.95. The summed E-state index contributed by atoms with van der Waals surface area (Å²) in [7, 11) is -4.76. The predicted octanol–water partition coefficient (Wildman–Crippen LogP) is -1.72. The van der Waals surface area contributed by atoms with Gasteiger partial charge in [0, 0.05) is 5.56 Å². The first-order valence-electron chi connectivity index (χ1n) is 5.13. The molecular formula is C11H13NaO4S. The summed E-state index contributed by atoms with van der Waals surface area (Å²) >= 11 is 0. The van der Waals surface area contributed by atoms with E-state index in [2.05, 4.69) is 0 Å². The standard InChI is InChI=1S/C11H14O4S.Na/c1-8-6-7-11(12,16(13,14)15)10-5-3-2-4-9(8)10;/h2-5,8,12H,6-7H2,1H3,(H,13,14,15);/q;+1/p-1. The molecule has 1 N–H and O–H groups in total. The Morgan fingerprint density at radius 2 is 2.00 bits per heavy atom. The Labute approximate surface area is 123 Å². The van der Waals surface area contributed by atoms with Gasteiger partial charge in [0.2, 0.25) is 0 Å². The zero-order valence-corrected chi connectivity index (χ0v) is 12.7. The maximum absolute atomic E-state index is 11.2. The van der Waals surface area contributed by atoms with E-state index in [1.165, 1.54) is 6.07 Å². The number of benzene rings is 1. The molecule has 1 aliphatic rings. The summed E-state index contributed by atoms with van der Waals surface area (Å²) in [5.74, 6) is 0.165. The van der Waals surface area contributed by atoms with Crippen LogP contribution in [-0.2, 0) is 15.1 Å². The molecule has 0 bridgehead atoms. The molecule has 6 heteroatoms. The van der Waals surface area contributed by atoms with Crippen molar-refractivity contribution in [3.8, 4) is 0 Å². The molecule has 0 amide bonds. The Bertz CT molecular complexity index is 514. The molecule has 4 nitrogen and oxygen atoms in total. The van der Waals surface area contributed by atoms with Crippen molar-refractivity contribution < 1.29 is 47.6 Å². The molecule has 0 aromatic heterocycles. The monoisotopic (exact) mass is 264 g/mol. The van der Waals surface area contributed by atoms with Gasteiger partial charge < -0.3 is 9.66 Å². The van der Waals surface area contributed by atoms with Crippen LogP contribution in [0.2, 0.25) is 0 Å². The van der Waals surface area contributed by atoms with Crippen LogP contribution in [0.5, 0.6) is 0 Å². The molecule has 1 aliphatic carbocycles. The van der Waals surface area contributed by atoms with Crippen molar-refractivity contribution in [2.24, 2.45) is 0 Å². The third-order valence-electron chi connectivity index (χ3n) is 3.24. The molecule has 17 heavy (non-hydrogen) atoms. The second-order valence-corrected chi connectivity index (χ2v) is 5.85. The fourth-order valence-electron chi connectivity index (χ4n) is 2.24. The molecule has 2 rings (SSSR count).